The number of carbonyl (C=O) groups is 1. The molecule has 6 nitrogen and oxygen atoms in total. The predicted octanol–water partition coefficient (Wildman–Crippen LogP) is 3.04. The lowest BCUT2D eigenvalue weighted by Crippen LogP contribution is -2.19. The molecule has 0 unspecified atom stereocenters. The second-order valence-electron chi connectivity index (χ2n) is 5.81. The monoisotopic (exact) mass is 333 g/mol. The maximum Gasteiger partial charge on any atom is 0.291 e. The van der Waals surface area contributed by atoms with Gasteiger partial charge in [0.05, 0.1) is 5.71 Å². The lowest BCUT2D eigenvalue weighted by molar-refractivity contribution is 0.0950. The van der Waals surface area contributed by atoms with Crippen molar-refractivity contribution in [3.63, 3.8) is 0 Å². The van der Waals surface area contributed by atoms with Gasteiger partial charge in [-0.05, 0) is 38.5 Å². The molecule has 6 heteroatoms. The lowest BCUT2D eigenvalue weighted by atomic mass is 10.1. The van der Waals surface area contributed by atoms with Crippen molar-refractivity contribution in [1.82, 2.24) is 20.0 Å². The number of benzene rings is 1. The fourth-order valence-corrected chi connectivity index (χ4v) is 2.29. The first-order valence-corrected chi connectivity index (χ1v) is 7.92. The molecule has 3 aromatic rings. The van der Waals surface area contributed by atoms with Gasteiger partial charge in [0.15, 0.2) is 0 Å². The van der Waals surface area contributed by atoms with E-state index in [1.54, 1.807) is 17.1 Å². The molecule has 0 aliphatic rings. The van der Waals surface area contributed by atoms with E-state index in [4.69, 9.17) is 0 Å². The van der Waals surface area contributed by atoms with E-state index < -0.39 is 0 Å². The van der Waals surface area contributed by atoms with E-state index in [1.165, 1.54) is 5.56 Å². The minimum absolute atomic E-state index is 0.281. The highest BCUT2D eigenvalue weighted by molar-refractivity contribution is 6.00. The molecule has 1 amide bonds. The number of pyridine rings is 1. The van der Waals surface area contributed by atoms with Crippen LogP contribution in [-0.2, 0) is 0 Å². The van der Waals surface area contributed by atoms with E-state index >= 15 is 0 Å². The second-order valence-corrected chi connectivity index (χ2v) is 5.81. The molecule has 0 radical (unpaired) electrons. The Labute approximate surface area is 146 Å². The fraction of sp³-hybridized carbons (Fsp3) is 0.158. The Morgan fingerprint density at radius 2 is 1.88 bits per heavy atom. The third-order valence-corrected chi connectivity index (χ3v) is 3.75. The van der Waals surface area contributed by atoms with Crippen LogP contribution in [0.5, 0.6) is 0 Å². The molecule has 25 heavy (non-hydrogen) atoms. The van der Waals surface area contributed by atoms with Crippen LogP contribution in [0.4, 0.5) is 0 Å². The number of aryl methyl sites for hydroxylation is 2. The Morgan fingerprint density at radius 3 is 2.60 bits per heavy atom. The van der Waals surface area contributed by atoms with Crippen molar-refractivity contribution >= 4 is 11.6 Å². The minimum atomic E-state index is -0.363. The van der Waals surface area contributed by atoms with Gasteiger partial charge < -0.3 is 0 Å². The molecule has 0 saturated heterocycles. The number of carbonyl (C=O) groups excluding carboxylic acids is 1. The van der Waals surface area contributed by atoms with Crippen LogP contribution in [0.1, 0.15) is 34.2 Å². The first kappa shape index (κ1) is 16.6. The Kier molecular flexibility index (Phi) is 4.70. The molecule has 126 valence electrons. The van der Waals surface area contributed by atoms with Gasteiger partial charge in [-0.1, -0.05) is 35.9 Å². The summed E-state index contributed by atoms with van der Waals surface area (Å²) in [7, 11) is 0. The number of hydrogen-bond donors (Lipinski definition) is 1. The molecule has 0 aliphatic heterocycles. The number of hydrazone groups is 1. The predicted molar refractivity (Wildman–Crippen MR) is 97.0 cm³/mol. The van der Waals surface area contributed by atoms with Crippen molar-refractivity contribution < 1.29 is 4.79 Å². The number of rotatable bonds is 4. The molecular formula is C19H19N5O. The maximum absolute atomic E-state index is 12.2. The zero-order chi connectivity index (χ0) is 17.8. The molecule has 1 N–H and O–H groups in total. The minimum Gasteiger partial charge on any atom is -0.290 e. The summed E-state index contributed by atoms with van der Waals surface area (Å²) in [6, 6.07) is 13.6. The highest BCUT2D eigenvalue weighted by Gasteiger charge is 2.10. The number of nitrogens with one attached hydrogen (secondary N) is 1. The first-order valence-electron chi connectivity index (χ1n) is 7.92. The van der Waals surface area contributed by atoms with E-state index in [0.717, 1.165) is 17.0 Å². The Balaban J connectivity index is 1.71. The van der Waals surface area contributed by atoms with Crippen LogP contribution in [0.25, 0.3) is 5.82 Å². The molecule has 3 rings (SSSR count). The topological polar surface area (TPSA) is 72.2 Å². The van der Waals surface area contributed by atoms with Crippen molar-refractivity contribution in [3.05, 3.63) is 77.5 Å². The van der Waals surface area contributed by atoms with Gasteiger partial charge in [0, 0.05) is 11.9 Å². The highest BCUT2D eigenvalue weighted by Crippen LogP contribution is 2.07. The van der Waals surface area contributed by atoms with Gasteiger partial charge in [-0.25, -0.2) is 15.4 Å². The summed E-state index contributed by atoms with van der Waals surface area (Å²) in [5.74, 6) is 0.351. The normalized spacial score (nSPS) is 11.4. The highest BCUT2D eigenvalue weighted by atomic mass is 16.2. The zero-order valence-corrected chi connectivity index (χ0v) is 14.4. The molecule has 0 saturated carbocycles. The summed E-state index contributed by atoms with van der Waals surface area (Å²) in [6.07, 6.45) is 3.20. The Morgan fingerprint density at radius 1 is 1.12 bits per heavy atom. The van der Waals surface area contributed by atoms with Crippen LogP contribution in [0.3, 0.4) is 0 Å². The van der Waals surface area contributed by atoms with E-state index in [0.29, 0.717) is 5.82 Å². The fourth-order valence-electron chi connectivity index (χ4n) is 2.29. The second kappa shape index (κ2) is 7.09. The standard InChI is InChI=1S/C19H19N5O/c1-13-7-9-16(10-8-13)15(3)22-23-19(25)17-11-24(12-20-17)18-6-4-5-14(2)21-18/h4-12H,1-3H3,(H,23,25)/b22-15+. The van der Waals surface area contributed by atoms with Crippen molar-refractivity contribution in [2.45, 2.75) is 20.8 Å². The van der Waals surface area contributed by atoms with E-state index in [1.807, 2.05) is 63.2 Å². The number of imidazole rings is 1. The van der Waals surface area contributed by atoms with Gasteiger partial charge >= 0.3 is 0 Å². The Hall–Kier alpha value is -3.28. The van der Waals surface area contributed by atoms with Crippen molar-refractivity contribution in [1.29, 1.82) is 0 Å². The molecule has 1 aromatic carbocycles. The van der Waals surface area contributed by atoms with E-state index in [9.17, 15) is 4.79 Å². The average Bonchev–Trinajstić information content (AvgIpc) is 3.10. The summed E-state index contributed by atoms with van der Waals surface area (Å²) in [6.45, 7) is 5.79. The van der Waals surface area contributed by atoms with Gasteiger partial charge in [-0.15, -0.1) is 0 Å². The van der Waals surface area contributed by atoms with Crippen molar-refractivity contribution in [2.24, 2.45) is 5.10 Å². The molecular weight excluding hydrogens is 314 g/mol. The van der Waals surface area contributed by atoms with Gasteiger partial charge in [-0.3, -0.25) is 9.36 Å². The molecule has 0 atom stereocenters. The summed E-state index contributed by atoms with van der Waals surface area (Å²) >= 11 is 0. The summed E-state index contributed by atoms with van der Waals surface area (Å²) in [4.78, 5) is 20.8. The van der Waals surface area contributed by atoms with Gasteiger partial charge in [0.1, 0.15) is 17.8 Å². The summed E-state index contributed by atoms with van der Waals surface area (Å²) in [5.41, 5.74) is 6.59. The van der Waals surface area contributed by atoms with Gasteiger partial charge in [0.25, 0.3) is 5.91 Å². The van der Waals surface area contributed by atoms with Crippen LogP contribution >= 0.6 is 0 Å². The smallest absolute Gasteiger partial charge is 0.290 e. The average molecular weight is 333 g/mol. The zero-order valence-electron chi connectivity index (χ0n) is 14.4. The van der Waals surface area contributed by atoms with E-state index in [-0.39, 0.29) is 11.6 Å². The van der Waals surface area contributed by atoms with Gasteiger partial charge in [0.2, 0.25) is 0 Å². The van der Waals surface area contributed by atoms with Crippen LogP contribution in [0.2, 0.25) is 0 Å². The SMILES string of the molecule is C/C(=N\NC(=O)c1cn(-c2cccc(C)n2)cn1)c1ccc(C)cc1. The molecule has 0 bridgehead atoms. The molecule has 2 aromatic heterocycles. The van der Waals surface area contributed by atoms with E-state index in [2.05, 4.69) is 20.5 Å². The quantitative estimate of drug-likeness (QED) is 0.589. The van der Waals surface area contributed by atoms with Crippen LogP contribution in [0.15, 0.2) is 60.1 Å². The molecule has 2 heterocycles. The lowest BCUT2D eigenvalue weighted by Gasteiger charge is -2.02. The summed E-state index contributed by atoms with van der Waals surface area (Å²) in [5, 5.41) is 4.15. The molecule has 0 aliphatic carbocycles. The number of amides is 1. The maximum atomic E-state index is 12.2. The van der Waals surface area contributed by atoms with Crippen LogP contribution in [0, 0.1) is 13.8 Å². The van der Waals surface area contributed by atoms with Crippen LogP contribution < -0.4 is 5.43 Å². The summed E-state index contributed by atoms with van der Waals surface area (Å²) < 4.78 is 1.71. The largest absolute Gasteiger partial charge is 0.291 e. The van der Waals surface area contributed by atoms with Crippen molar-refractivity contribution in [3.8, 4) is 5.82 Å². The third kappa shape index (κ3) is 3.98. The molecule has 0 fully saturated rings. The van der Waals surface area contributed by atoms with Crippen LogP contribution in [-0.4, -0.2) is 26.2 Å². The number of aromatic nitrogens is 3. The molecule has 0 spiro atoms. The number of nitrogens with zero attached hydrogens (tertiary/aromatic N) is 4. The van der Waals surface area contributed by atoms with Gasteiger partial charge in [-0.2, -0.15) is 5.10 Å². The number of hydrogen-bond acceptors (Lipinski definition) is 4. The first-order chi connectivity index (χ1) is 12.0. The third-order valence-electron chi connectivity index (χ3n) is 3.75. The Bertz CT molecular complexity index is 925. The van der Waals surface area contributed by atoms with Crippen molar-refractivity contribution in [2.75, 3.05) is 0 Å².